The number of amides is 2. The van der Waals surface area contributed by atoms with E-state index in [-0.39, 0.29) is 23.0 Å². The van der Waals surface area contributed by atoms with Gasteiger partial charge in [-0.25, -0.2) is 12.8 Å². The summed E-state index contributed by atoms with van der Waals surface area (Å²) in [6.07, 6.45) is 1.23. The molecule has 0 aliphatic heterocycles. The maximum absolute atomic E-state index is 14.7. The van der Waals surface area contributed by atoms with Gasteiger partial charge in [0.25, 0.3) is 10.0 Å². The lowest BCUT2D eigenvalue weighted by Gasteiger charge is -2.33. The Hall–Kier alpha value is -3.72. The number of para-hydroxylation sites is 1. The standard InChI is InChI=1S/C31H38FN3O4S/c1-6-23(4)33-31(37)24(5)34(20-26-13-8-10-14-28(26)32)30(36)21-35(29-15-11-9-12-25(29)7-2)40(38,39)27-18-16-22(3)17-19-27/h8-19,23-24H,6-7,20-21H2,1-5H3,(H,33,37)/t23-,24-/m1/s1. The van der Waals surface area contributed by atoms with Gasteiger partial charge in [-0.15, -0.1) is 0 Å². The molecule has 0 aromatic heterocycles. The molecule has 0 unspecified atom stereocenters. The van der Waals surface area contributed by atoms with Crippen molar-refractivity contribution < 1.29 is 22.4 Å². The highest BCUT2D eigenvalue weighted by Crippen LogP contribution is 2.28. The molecule has 2 amide bonds. The highest BCUT2D eigenvalue weighted by molar-refractivity contribution is 7.92. The molecule has 0 saturated carbocycles. The topological polar surface area (TPSA) is 86.8 Å². The SMILES string of the molecule is CCc1ccccc1N(CC(=O)N(Cc1ccccc1F)[C@H](C)C(=O)N[C@H](C)CC)S(=O)(=O)c1ccc(C)cc1. The molecule has 3 aromatic carbocycles. The van der Waals surface area contributed by atoms with Crippen LogP contribution in [0.5, 0.6) is 0 Å². The Balaban J connectivity index is 2.07. The van der Waals surface area contributed by atoms with Crippen molar-refractivity contribution in [2.45, 2.75) is 71.0 Å². The summed E-state index contributed by atoms with van der Waals surface area (Å²) in [4.78, 5) is 28.4. The third-order valence-electron chi connectivity index (χ3n) is 7.00. The average molecular weight is 568 g/mol. The summed E-state index contributed by atoms with van der Waals surface area (Å²) in [7, 11) is -4.17. The molecule has 0 bridgehead atoms. The number of sulfonamides is 1. The number of nitrogens with zero attached hydrogens (tertiary/aromatic N) is 2. The molecule has 0 saturated heterocycles. The molecular weight excluding hydrogens is 529 g/mol. The zero-order valence-electron chi connectivity index (χ0n) is 23.7. The van der Waals surface area contributed by atoms with Crippen LogP contribution < -0.4 is 9.62 Å². The van der Waals surface area contributed by atoms with Crippen LogP contribution in [0.1, 0.15) is 50.8 Å². The lowest BCUT2D eigenvalue weighted by molar-refractivity contribution is -0.139. The number of hydrogen-bond donors (Lipinski definition) is 1. The number of rotatable bonds is 12. The largest absolute Gasteiger partial charge is 0.352 e. The molecule has 40 heavy (non-hydrogen) atoms. The van der Waals surface area contributed by atoms with Gasteiger partial charge in [0.1, 0.15) is 18.4 Å². The Labute approximate surface area is 237 Å². The van der Waals surface area contributed by atoms with Gasteiger partial charge in [0, 0.05) is 18.2 Å². The Bertz CT molecular complexity index is 1430. The van der Waals surface area contributed by atoms with Gasteiger partial charge >= 0.3 is 0 Å². The number of anilines is 1. The minimum atomic E-state index is -4.17. The van der Waals surface area contributed by atoms with Crippen molar-refractivity contribution in [1.29, 1.82) is 0 Å². The Kier molecular flexibility index (Phi) is 10.5. The van der Waals surface area contributed by atoms with Crippen molar-refractivity contribution in [2.75, 3.05) is 10.8 Å². The summed E-state index contributed by atoms with van der Waals surface area (Å²) < 4.78 is 43.7. The van der Waals surface area contributed by atoms with Crippen LogP contribution in [0.2, 0.25) is 0 Å². The van der Waals surface area contributed by atoms with Crippen LogP contribution in [0.25, 0.3) is 0 Å². The van der Waals surface area contributed by atoms with Crippen LogP contribution in [0.15, 0.2) is 77.7 Å². The van der Waals surface area contributed by atoms with Gasteiger partial charge in [0.05, 0.1) is 10.6 Å². The maximum Gasteiger partial charge on any atom is 0.264 e. The summed E-state index contributed by atoms with van der Waals surface area (Å²) in [5.41, 5.74) is 2.24. The second-order valence-electron chi connectivity index (χ2n) is 9.91. The predicted octanol–water partition coefficient (Wildman–Crippen LogP) is 5.22. The van der Waals surface area contributed by atoms with E-state index in [2.05, 4.69) is 5.32 Å². The van der Waals surface area contributed by atoms with Gasteiger partial charge in [0.15, 0.2) is 0 Å². The number of aryl methyl sites for hydroxylation is 2. The van der Waals surface area contributed by atoms with Gasteiger partial charge in [-0.2, -0.15) is 0 Å². The van der Waals surface area contributed by atoms with E-state index in [1.54, 1.807) is 49.4 Å². The van der Waals surface area contributed by atoms with Crippen molar-refractivity contribution in [3.63, 3.8) is 0 Å². The summed E-state index contributed by atoms with van der Waals surface area (Å²) in [5.74, 6) is -1.55. The Morgan fingerprint density at radius 3 is 2.10 bits per heavy atom. The molecule has 7 nitrogen and oxygen atoms in total. The second kappa shape index (κ2) is 13.6. The molecule has 0 fully saturated rings. The fraction of sp³-hybridized carbons (Fsp3) is 0.355. The lowest BCUT2D eigenvalue weighted by atomic mass is 10.1. The quantitative estimate of drug-likeness (QED) is 0.325. The number of nitrogens with one attached hydrogen (secondary N) is 1. The minimum Gasteiger partial charge on any atom is -0.352 e. The fourth-order valence-electron chi connectivity index (χ4n) is 4.26. The molecule has 3 rings (SSSR count). The number of benzene rings is 3. The fourth-order valence-corrected chi connectivity index (χ4v) is 5.71. The monoisotopic (exact) mass is 567 g/mol. The first-order valence-corrected chi connectivity index (χ1v) is 14.9. The van der Waals surface area contributed by atoms with E-state index < -0.39 is 40.2 Å². The van der Waals surface area contributed by atoms with E-state index >= 15 is 0 Å². The Morgan fingerprint density at radius 1 is 0.900 bits per heavy atom. The first-order chi connectivity index (χ1) is 19.0. The smallest absolute Gasteiger partial charge is 0.264 e. The zero-order chi connectivity index (χ0) is 29.4. The molecule has 2 atom stereocenters. The van der Waals surface area contributed by atoms with Gasteiger partial charge in [-0.3, -0.25) is 13.9 Å². The summed E-state index contributed by atoms with van der Waals surface area (Å²) >= 11 is 0. The molecule has 214 valence electrons. The number of carbonyl (C=O) groups excluding carboxylic acids is 2. The minimum absolute atomic E-state index is 0.0417. The molecule has 0 aliphatic carbocycles. The van der Waals surface area contributed by atoms with Crippen LogP contribution in [-0.4, -0.2) is 43.8 Å². The van der Waals surface area contributed by atoms with E-state index in [0.717, 1.165) is 15.4 Å². The lowest BCUT2D eigenvalue weighted by Crippen LogP contribution is -2.52. The number of halogens is 1. The van der Waals surface area contributed by atoms with E-state index in [1.807, 2.05) is 39.8 Å². The van der Waals surface area contributed by atoms with Gasteiger partial charge < -0.3 is 10.2 Å². The summed E-state index contributed by atoms with van der Waals surface area (Å²) in [5, 5.41) is 2.87. The molecule has 0 radical (unpaired) electrons. The number of hydrogen-bond acceptors (Lipinski definition) is 4. The van der Waals surface area contributed by atoms with Gasteiger partial charge in [0.2, 0.25) is 11.8 Å². The Morgan fingerprint density at radius 2 is 1.50 bits per heavy atom. The highest BCUT2D eigenvalue weighted by atomic mass is 32.2. The third-order valence-corrected chi connectivity index (χ3v) is 8.77. The number of carbonyl (C=O) groups is 2. The van der Waals surface area contributed by atoms with Crippen molar-refractivity contribution in [2.24, 2.45) is 0 Å². The normalized spacial score (nSPS) is 12.8. The van der Waals surface area contributed by atoms with Crippen LogP contribution in [0, 0.1) is 12.7 Å². The molecule has 9 heteroatoms. The first-order valence-electron chi connectivity index (χ1n) is 13.5. The summed E-state index contributed by atoms with van der Waals surface area (Å²) in [6, 6.07) is 18.3. The summed E-state index contributed by atoms with van der Waals surface area (Å²) in [6.45, 7) is 8.34. The van der Waals surface area contributed by atoms with Crippen LogP contribution in [-0.2, 0) is 32.6 Å². The highest BCUT2D eigenvalue weighted by Gasteiger charge is 2.33. The van der Waals surface area contributed by atoms with E-state index in [0.29, 0.717) is 18.5 Å². The van der Waals surface area contributed by atoms with Crippen molar-refractivity contribution >= 4 is 27.5 Å². The predicted molar refractivity (Wildman–Crippen MR) is 156 cm³/mol. The molecule has 0 heterocycles. The molecule has 0 spiro atoms. The zero-order valence-corrected chi connectivity index (χ0v) is 24.5. The van der Waals surface area contributed by atoms with Crippen molar-refractivity contribution in [1.82, 2.24) is 10.2 Å². The second-order valence-corrected chi connectivity index (χ2v) is 11.8. The first kappa shape index (κ1) is 30.8. The van der Waals surface area contributed by atoms with E-state index in [9.17, 15) is 22.4 Å². The van der Waals surface area contributed by atoms with E-state index in [1.165, 1.54) is 23.1 Å². The molecule has 0 aliphatic rings. The van der Waals surface area contributed by atoms with Crippen LogP contribution >= 0.6 is 0 Å². The van der Waals surface area contributed by atoms with Gasteiger partial charge in [-0.1, -0.05) is 67.9 Å². The van der Waals surface area contributed by atoms with Crippen molar-refractivity contribution in [3.05, 3.63) is 95.3 Å². The van der Waals surface area contributed by atoms with Crippen molar-refractivity contribution in [3.8, 4) is 0 Å². The molecule has 3 aromatic rings. The third kappa shape index (κ3) is 7.27. The van der Waals surface area contributed by atoms with Crippen LogP contribution in [0.4, 0.5) is 10.1 Å². The van der Waals surface area contributed by atoms with Gasteiger partial charge in [-0.05, 0) is 63.4 Å². The van der Waals surface area contributed by atoms with Crippen LogP contribution in [0.3, 0.4) is 0 Å². The molecular formula is C31H38FN3O4S. The average Bonchev–Trinajstić information content (AvgIpc) is 2.95. The molecule has 1 N–H and O–H groups in total. The maximum atomic E-state index is 14.7. The van der Waals surface area contributed by atoms with E-state index in [4.69, 9.17) is 0 Å².